The van der Waals surface area contributed by atoms with Crippen LogP contribution >= 0.6 is 0 Å². The van der Waals surface area contributed by atoms with Gasteiger partial charge in [0.05, 0.1) is 0 Å². The van der Waals surface area contributed by atoms with Gasteiger partial charge in [0, 0.05) is 31.8 Å². The summed E-state index contributed by atoms with van der Waals surface area (Å²) in [4.78, 5) is 13.2. The molecule has 0 aromatic rings. The molecule has 0 aromatic carbocycles. The molecule has 1 saturated heterocycles. The number of carbonyl (C=O) groups excluding carboxylic acids is 1. The zero-order chi connectivity index (χ0) is 9.47. The lowest BCUT2D eigenvalue weighted by Gasteiger charge is -2.35. The fourth-order valence-corrected chi connectivity index (χ4v) is 2.03. The number of alkyl halides is 2. The van der Waals surface area contributed by atoms with Crippen LogP contribution in [0.25, 0.3) is 0 Å². The Bertz CT molecular complexity index is 216. The first-order valence-corrected chi connectivity index (χ1v) is 4.75. The highest BCUT2D eigenvalue weighted by atomic mass is 19.3. The molecular formula is C9H13F2NO. The van der Waals surface area contributed by atoms with Gasteiger partial charge < -0.3 is 4.90 Å². The Kier molecular flexibility index (Phi) is 2.00. The van der Waals surface area contributed by atoms with Crippen LogP contribution in [0.5, 0.6) is 0 Å². The molecule has 0 N–H and O–H groups in total. The van der Waals surface area contributed by atoms with Crippen molar-refractivity contribution in [3.05, 3.63) is 0 Å². The van der Waals surface area contributed by atoms with Crippen LogP contribution < -0.4 is 0 Å². The second-order valence-corrected chi connectivity index (χ2v) is 3.99. The standard InChI is InChI=1S/C9H13F2NO/c10-9(11)5-7(6-9)8(13)12-3-1-2-4-12/h7H,1-6H2. The van der Waals surface area contributed by atoms with Crippen LogP contribution in [0, 0.1) is 5.92 Å². The average Bonchev–Trinajstić information content (AvgIpc) is 2.50. The molecule has 0 aromatic heterocycles. The first kappa shape index (κ1) is 8.91. The lowest BCUT2D eigenvalue weighted by Crippen LogP contribution is -2.45. The van der Waals surface area contributed by atoms with Crippen molar-refractivity contribution >= 4 is 5.91 Å². The summed E-state index contributed by atoms with van der Waals surface area (Å²) in [6.45, 7) is 1.53. The molecule has 0 atom stereocenters. The van der Waals surface area contributed by atoms with E-state index < -0.39 is 11.8 Å². The minimum atomic E-state index is -2.57. The zero-order valence-electron chi connectivity index (χ0n) is 7.43. The first-order chi connectivity index (χ1) is 6.08. The Morgan fingerprint density at radius 2 is 1.77 bits per heavy atom. The Hall–Kier alpha value is -0.670. The Morgan fingerprint density at radius 3 is 2.23 bits per heavy atom. The second kappa shape index (κ2) is 2.93. The second-order valence-electron chi connectivity index (χ2n) is 3.99. The van der Waals surface area contributed by atoms with Crippen LogP contribution in [-0.2, 0) is 4.79 Å². The SMILES string of the molecule is O=C(C1CC(F)(F)C1)N1CCCC1. The molecule has 2 aliphatic rings. The summed E-state index contributed by atoms with van der Waals surface area (Å²) in [5.74, 6) is -3.02. The van der Waals surface area contributed by atoms with E-state index in [1.807, 2.05) is 0 Å². The van der Waals surface area contributed by atoms with Gasteiger partial charge in [-0.2, -0.15) is 0 Å². The average molecular weight is 189 g/mol. The van der Waals surface area contributed by atoms with Crippen molar-refractivity contribution in [1.29, 1.82) is 0 Å². The third kappa shape index (κ3) is 1.67. The molecule has 1 aliphatic carbocycles. The van der Waals surface area contributed by atoms with E-state index in [0.29, 0.717) is 0 Å². The quantitative estimate of drug-likeness (QED) is 0.614. The Morgan fingerprint density at radius 1 is 1.23 bits per heavy atom. The maximum absolute atomic E-state index is 12.5. The van der Waals surface area contributed by atoms with Crippen molar-refractivity contribution < 1.29 is 13.6 Å². The highest BCUT2D eigenvalue weighted by Gasteiger charge is 2.49. The molecule has 0 unspecified atom stereocenters. The van der Waals surface area contributed by atoms with Gasteiger partial charge in [-0.25, -0.2) is 8.78 Å². The summed E-state index contributed by atoms with van der Waals surface area (Å²) in [5.41, 5.74) is 0. The molecular weight excluding hydrogens is 176 g/mol. The lowest BCUT2D eigenvalue weighted by atomic mass is 9.80. The highest BCUT2D eigenvalue weighted by molar-refractivity contribution is 5.80. The number of carbonyl (C=O) groups is 1. The maximum Gasteiger partial charge on any atom is 0.249 e. The number of hydrogen-bond acceptors (Lipinski definition) is 1. The van der Waals surface area contributed by atoms with Gasteiger partial charge in [0.2, 0.25) is 11.8 Å². The molecule has 0 spiro atoms. The van der Waals surface area contributed by atoms with Crippen molar-refractivity contribution in [2.45, 2.75) is 31.6 Å². The number of likely N-dealkylation sites (tertiary alicyclic amines) is 1. The van der Waals surface area contributed by atoms with Gasteiger partial charge >= 0.3 is 0 Å². The summed E-state index contributed by atoms with van der Waals surface area (Å²) in [6.07, 6.45) is 1.58. The molecule has 13 heavy (non-hydrogen) atoms. The van der Waals surface area contributed by atoms with Gasteiger partial charge in [0.1, 0.15) is 0 Å². The number of hydrogen-bond donors (Lipinski definition) is 0. The van der Waals surface area contributed by atoms with E-state index in [1.165, 1.54) is 0 Å². The van der Waals surface area contributed by atoms with Crippen molar-refractivity contribution in [3.63, 3.8) is 0 Å². The Balaban J connectivity index is 1.85. The monoisotopic (exact) mass is 189 g/mol. The topological polar surface area (TPSA) is 20.3 Å². The number of rotatable bonds is 1. The van der Waals surface area contributed by atoms with Gasteiger partial charge in [0.15, 0.2) is 0 Å². The minimum Gasteiger partial charge on any atom is -0.342 e. The molecule has 1 aliphatic heterocycles. The van der Waals surface area contributed by atoms with Crippen molar-refractivity contribution in [2.75, 3.05) is 13.1 Å². The molecule has 1 saturated carbocycles. The smallest absolute Gasteiger partial charge is 0.249 e. The van der Waals surface area contributed by atoms with Crippen LogP contribution in [0.3, 0.4) is 0 Å². The Labute approximate surface area is 75.9 Å². The van der Waals surface area contributed by atoms with E-state index in [4.69, 9.17) is 0 Å². The number of amides is 1. The molecule has 1 heterocycles. The predicted molar refractivity (Wildman–Crippen MR) is 43.5 cm³/mol. The van der Waals surface area contributed by atoms with E-state index in [-0.39, 0.29) is 18.7 Å². The molecule has 74 valence electrons. The highest BCUT2D eigenvalue weighted by Crippen LogP contribution is 2.43. The molecule has 0 radical (unpaired) electrons. The van der Waals surface area contributed by atoms with Gasteiger partial charge in [0.25, 0.3) is 0 Å². The third-order valence-corrected chi connectivity index (χ3v) is 2.86. The van der Waals surface area contributed by atoms with E-state index in [1.54, 1.807) is 4.90 Å². The molecule has 2 fully saturated rings. The zero-order valence-corrected chi connectivity index (χ0v) is 7.43. The number of halogens is 2. The summed E-state index contributed by atoms with van der Waals surface area (Å²) in [7, 11) is 0. The van der Waals surface area contributed by atoms with E-state index in [9.17, 15) is 13.6 Å². The molecule has 0 bridgehead atoms. The van der Waals surface area contributed by atoms with E-state index in [2.05, 4.69) is 0 Å². The van der Waals surface area contributed by atoms with Crippen molar-refractivity contribution in [2.24, 2.45) is 5.92 Å². The minimum absolute atomic E-state index is 0.0524. The largest absolute Gasteiger partial charge is 0.342 e. The van der Waals surface area contributed by atoms with Crippen LogP contribution in [-0.4, -0.2) is 29.8 Å². The van der Waals surface area contributed by atoms with Crippen LogP contribution in [0.4, 0.5) is 8.78 Å². The third-order valence-electron chi connectivity index (χ3n) is 2.86. The summed E-state index contributed by atoms with van der Waals surface area (Å²) < 4.78 is 24.9. The predicted octanol–water partition coefficient (Wildman–Crippen LogP) is 1.65. The fourth-order valence-electron chi connectivity index (χ4n) is 2.03. The van der Waals surface area contributed by atoms with Gasteiger partial charge in [-0.3, -0.25) is 4.79 Å². The normalized spacial score (nSPS) is 27.4. The fraction of sp³-hybridized carbons (Fsp3) is 0.889. The van der Waals surface area contributed by atoms with Gasteiger partial charge in [-0.05, 0) is 12.8 Å². The van der Waals surface area contributed by atoms with Crippen molar-refractivity contribution in [3.8, 4) is 0 Å². The summed E-state index contributed by atoms with van der Waals surface area (Å²) >= 11 is 0. The summed E-state index contributed by atoms with van der Waals surface area (Å²) in [6, 6.07) is 0. The summed E-state index contributed by atoms with van der Waals surface area (Å²) in [5, 5.41) is 0. The molecule has 1 amide bonds. The van der Waals surface area contributed by atoms with E-state index in [0.717, 1.165) is 25.9 Å². The first-order valence-electron chi connectivity index (χ1n) is 4.75. The van der Waals surface area contributed by atoms with Gasteiger partial charge in [-0.15, -0.1) is 0 Å². The van der Waals surface area contributed by atoms with Crippen LogP contribution in [0.1, 0.15) is 25.7 Å². The lowest BCUT2D eigenvalue weighted by molar-refractivity contribution is -0.158. The molecule has 2 rings (SSSR count). The maximum atomic E-state index is 12.5. The van der Waals surface area contributed by atoms with Crippen LogP contribution in [0.15, 0.2) is 0 Å². The van der Waals surface area contributed by atoms with Crippen LogP contribution in [0.2, 0.25) is 0 Å². The molecule has 2 nitrogen and oxygen atoms in total. The molecule has 4 heteroatoms. The van der Waals surface area contributed by atoms with E-state index >= 15 is 0 Å². The van der Waals surface area contributed by atoms with Crippen molar-refractivity contribution in [1.82, 2.24) is 4.90 Å². The number of nitrogens with zero attached hydrogens (tertiary/aromatic N) is 1. The van der Waals surface area contributed by atoms with Gasteiger partial charge in [-0.1, -0.05) is 0 Å².